The molecule has 5 heteroatoms. The van der Waals surface area contributed by atoms with Crippen molar-refractivity contribution in [3.8, 4) is 11.8 Å². The predicted molar refractivity (Wildman–Crippen MR) is 110 cm³/mol. The lowest BCUT2D eigenvalue weighted by Crippen LogP contribution is -2.21. The fourth-order valence-corrected chi connectivity index (χ4v) is 2.74. The molecule has 0 heterocycles. The van der Waals surface area contributed by atoms with Crippen LogP contribution in [0.3, 0.4) is 0 Å². The molecule has 2 rings (SSSR count). The van der Waals surface area contributed by atoms with E-state index < -0.39 is 5.91 Å². The van der Waals surface area contributed by atoms with Crippen molar-refractivity contribution in [1.29, 1.82) is 5.26 Å². The normalized spacial score (nSPS) is 10.9. The lowest BCUT2D eigenvalue weighted by Gasteiger charge is -2.22. The van der Waals surface area contributed by atoms with E-state index in [-0.39, 0.29) is 5.57 Å². The van der Waals surface area contributed by atoms with E-state index in [9.17, 15) is 10.1 Å². The van der Waals surface area contributed by atoms with Crippen molar-refractivity contribution in [2.45, 2.75) is 20.8 Å². The van der Waals surface area contributed by atoms with Gasteiger partial charge in [-0.2, -0.15) is 5.26 Å². The minimum atomic E-state index is -0.448. The maximum atomic E-state index is 12.4. The lowest BCUT2D eigenvalue weighted by molar-refractivity contribution is -0.112. The quantitative estimate of drug-likeness (QED) is 0.585. The van der Waals surface area contributed by atoms with E-state index in [1.54, 1.807) is 13.2 Å². The van der Waals surface area contributed by atoms with Crippen LogP contribution in [0.15, 0.2) is 48.0 Å². The summed E-state index contributed by atoms with van der Waals surface area (Å²) in [6.07, 6.45) is 1.55. The van der Waals surface area contributed by atoms with Gasteiger partial charge in [-0.15, -0.1) is 0 Å². The van der Waals surface area contributed by atoms with Crippen molar-refractivity contribution >= 4 is 23.4 Å². The third kappa shape index (κ3) is 5.11. The molecule has 0 aromatic heterocycles. The largest absolute Gasteiger partial charge is 0.496 e. The standard InChI is InChI=1S/C22H25N3O2/c1-5-25(6-2)20-12-9-17(21(14-20)27-4)13-18(15-23)22(26)24-19-10-7-16(3)8-11-19/h7-14H,5-6H2,1-4H3,(H,24,26)/b18-13+. The van der Waals surface area contributed by atoms with Gasteiger partial charge < -0.3 is 15.0 Å². The number of carbonyl (C=O) groups excluding carboxylic acids is 1. The molecule has 1 amide bonds. The molecule has 0 saturated carbocycles. The summed E-state index contributed by atoms with van der Waals surface area (Å²) in [4.78, 5) is 14.6. The zero-order valence-electron chi connectivity index (χ0n) is 16.2. The molecule has 0 aliphatic heterocycles. The Labute approximate surface area is 160 Å². The molecule has 0 spiro atoms. The van der Waals surface area contributed by atoms with E-state index in [4.69, 9.17) is 4.74 Å². The first kappa shape index (κ1) is 20.1. The predicted octanol–water partition coefficient (Wildman–Crippen LogP) is 4.40. The fourth-order valence-electron chi connectivity index (χ4n) is 2.74. The van der Waals surface area contributed by atoms with Crippen molar-refractivity contribution < 1.29 is 9.53 Å². The second-order valence-electron chi connectivity index (χ2n) is 6.09. The first-order chi connectivity index (χ1) is 13.0. The van der Waals surface area contributed by atoms with E-state index in [1.807, 2.05) is 55.5 Å². The second kappa shape index (κ2) is 9.44. The number of anilines is 2. The maximum absolute atomic E-state index is 12.4. The van der Waals surface area contributed by atoms with Crippen LogP contribution in [0.25, 0.3) is 6.08 Å². The maximum Gasteiger partial charge on any atom is 0.266 e. The number of aryl methyl sites for hydroxylation is 1. The number of hydrogen-bond donors (Lipinski definition) is 1. The molecule has 0 bridgehead atoms. The van der Waals surface area contributed by atoms with Crippen molar-refractivity contribution in [1.82, 2.24) is 0 Å². The van der Waals surface area contributed by atoms with Crippen LogP contribution in [0.1, 0.15) is 25.0 Å². The highest BCUT2D eigenvalue weighted by Gasteiger charge is 2.12. The number of amides is 1. The zero-order chi connectivity index (χ0) is 19.8. The van der Waals surface area contributed by atoms with Crippen LogP contribution in [0.5, 0.6) is 5.75 Å². The average molecular weight is 363 g/mol. The van der Waals surface area contributed by atoms with Gasteiger partial charge in [-0.3, -0.25) is 4.79 Å². The smallest absolute Gasteiger partial charge is 0.266 e. The van der Waals surface area contributed by atoms with Crippen molar-refractivity contribution in [3.63, 3.8) is 0 Å². The fraction of sp³-hybridized carbons (Fsp3) is 0.273. The van der Waals surface area contributed by atoms with Gasteiger partial charge in [0.1, 0.15) is 17.4 Å². The molecule has 140 valence electrons. The van der Waals surface area contributed by atoms with Gasteiger partial charge in [-0.1, -0.05) is 17.7 Å². The Hall–Kier alpha value is -3.26. The molecule has 27 heavy (non-hydrogen) atoms. The number of nitriles is 1. The number of methoxy groups -OCH3 is 1. The molecule has 2 aromatic carbocycles. The average Bonchev–Trinajstić information content (AvgIpc) is 2.69. The van der Waals surface area contributed by atoms with Crippen LogP contribution in [0.4, 0.5) is 11.4 Å². The Morgan fingerprint density at radius 2 is 1.85 bits per heavy atom. The summed E-state index contributed by atoms with van der Waals surface area (Å²) in [5.74, 6) is 0.173. The third-order valence-corrected chi connectivity index (χ3v) is 4.32. The molecule has 0 aliphatic rings. The van der Waals surface area contributed by atoms with E-state index >= 15 is 0 Å². The summed E-state index contributed by atoms with van der Waals surface area (Å²) in [7, 11) is 1.58. The first-order valence-electron chi connectivity index (χ1n) is 8.95. The van der Waals surface area contributed by atoms with Crippen LogP contribution in [0, 0.1) is 18.3 Å². The summed E-state index contributed by atoms with van der Waals surface area (Å²) >= 11 is 0. The number of rotatable bonds is 7. The molecule has 0 atom stereocenters. The van der Waals surface area contributed by atoms with Crippen LogP contribution in [-0.4, -0.2) is 26.1 Å². The monoisotopic (exact) mass is 363 g/mol. The summed E-state index contributed by atoms with van der Waals surface area (Å²) < 4.78 is 5.47. The van der Waals surface area contributed by atoms with Crippen LogP contribution in [-0.2, 0) is 4.79 Å². The van der Waals surface area contributed by atoms with Gasteiger partial charge in [0, 0.05) is 36.1 Å². The Kier molecular flexibility index (Phi) is 7.01. The summed E-state index contributed by atoms with van der Waals surface area (Å²) in [5.41, 5.74) is 3.49. The second-order valence-corrected chi connectivity index (χ2v) is 6.09. The molecule has 2 aromatic rings. The van der Waals surface area contributed by atoms with E-state index in [0.717, 1.165) is 24.3 Å². The van der Waals surface area contributed by atoms with Gasteiger partial charge in [0.25, 0.3) is 5.91 Å². The summed E-state index contributed by atoms with van der Waals surface area (Å²) in [5, 5.41) is 12.2. The van der Waals surface area contributed by atoms with E-state index in [0.29, 0.717) is 17.0 Å². The highest BCUT2D eigenvalue weighted by atomic mass is 16.5. The highest BCUT2D eigenvalue weighted by molar-refractivity contribution is 6.09. The lowest BCUT2D eigenvalue weighted by atomic mass is 10.1. The minimum Gasteiger partial charge on any atom is -0.496 e. The van der Waals surface area contributed by atoms with Gasteiger partial charge in [0.15, 0.2) is 0 Å². The third-order valence-electron chi connectivity index (χ3n) is 4.32. The Balaban J connectivity index is 2.29. The molecule has 0 unspecified atom stereocenters. The summed E-state index contributed by atoms with van der Waals surface area (Å²) in [6, 6.07) is 15.1. The number of benzene rings is 2. The summed E-state index contributed by atoms with van der Waals surface area (Å²) in [6.45, 7) is 7.93. The Bertz CT molecular complexity index is 860. The van der Waals surface area contributed by atoms with Crippen LogP contribution < -0.4 is 15.0 Å². The van der Waals surface area contributed by atoms with Crippen LogP contribution >= 0.6 is 0 Å². The molecule has 0 radical (unpaired) electrons. The topological polar surface area (TPSA) is 65.4 Å². The van der Waals surface area contributed by atoms with Crippen molar-refractivity contribution in [3.05, 3.63) is 59.2 Å². The van der Waals surface area contributed by atoms with E-state index in [1.165, 1.54) is 0 Å². The van der Waals surface area contributed by atoms with Gasteiger partial charge in [-0.25, -0.2) is 0 Å². The highest BCUT2D eigenvalue weighted by Crippen LogP contribution is 2.27. The number of nitrogens with one attached hydrogen (secondary N) is 1. The van der Waals surface area contributed by atoms with Crippen LogP contribution in [0.2, 0.25) is 0 Å². The molecule has 0 aliphatic carbocycles. The molecule has 0 fully saturated rings. The molecule has 5 nitrogen and oxygen atoms in total. The minimum absolute atomic E-state index is 0.0180. The zero-order valence-corrected chi connectivity index (χ0v) is 16.2. The molecular weight excluding hydrogens is 338 g/mol. The first-order valence-corrected chi connectivity index (χ1v) is 8.95. The number of hydrogen-bond acceptors (Lipinski definition) is 4. The number of ether oxygens (including phenoxy) is 1. The van der Waals surface area contributed by atoms with Crippen molar-refractivity contribution in [2.75, 3.05) is 30.4 Å². The van der Waals surface area contributed by atoms with Gasteiger partial charge >= 0.3 is 0 Å². The van der Waals surface area contributed by atoms with Gasteiger partial charge in [0.2, 0.25) is 0 Å². The molecular formula is C22H25N3O2. The number of carbonyl (C=O) groups is 1. The van der Waals surface area contributed by atoms with Gasteiger partial charge in [-0.05, 0) is 51.1 Å². The Morgan fingerprint density at radius 1 is 1.19 bits per heavy atom. The van der Waals surface area contributed by atoms with Crippen molar-refractivity contribution in [2.24, 2.45) is 0 Å². The molecule has 0 saturated heterocycles. The SMILES string of the molecule is CCN(CC)c1ccc(/C=C(\C#N)C(=O)Nc2ccc(C)cc2)c(OC)c1. The number of nitrogens with zero attached hydrogens (tertiary/aromatic N) is 2. The van der Waals surface area contributed by atoms with Gasteiger partial charge in [0.05, 0.1) is 7.11 Å². The molecule has 1 N–H and O–H groups in total. The Morgan fingerprint density at radius 3 is 2.41 bits per heavy atom. The van der Waals surface area contributed by atoms with E-state index in [2.05, 4.69) is 24.1 Å².